The summed E-state index contributed by atoms with van der Waals surface area (Å²) in [6.45, 7) is 6.12. The second kappa shape index (κ2) is 3.01. The van der Waals surface area contributed by atoms with Gasteiger partial charge in [-0.1, -0.05) is 20.8 Å². The van der Waals surface area contributed by atoms with E-state index in [0.29, 0.717) is 5.69 Å². The van der Waals surface area contributed by atoms with Crippen molar-refractivity contribution in [1.29, 1.82) is 0 Å². The van der Waals surface area contributed by atoms with Gasteiger partial charge >= 0.3 is 0 Å². The summed E-state index contributed by atoms with van der Waals surface area (Å²) >= 11 is 0. The lowest BCUT2D eigenvalue weighted by molar-refractivity contribution is 0.590. The molecule has 0 bridgehead atoms. The van der Waals surface area contributed by atoms with E-state index >= 15 is 0 Å². The molecule has 0 spiro atoms. The molecule has 1 aromatic heterocycles. The van der Waals surface area contributed by atoms with Crippen LogP contribution in [0.4, 0.5) is 5.69 Å². The Bertz CT molecular complexity index is 289. The molecule has 0 aliphatic rings. The number of nitrogens with zero attached hydrogens (tertiary/aromatic N) is 2. The van der Waals surface area contributed by atoms with Crippen molar-refractivity contribution in [2.75, 3.05) is 0 Å². The molecule has 0 radical (unpaired) electrons. The van der Waals surface area contributed by atoms with E-state index in [1.54, 1.807) is 6.20 Å². The summed E-state index contributed by atoms with van der Waals surface area (Å²) in [5.74, 6) is 0. The summed E-state index contributed by atoms with van der Waals surface area (Å²) in [4.78, 5) is 14.2. The molecule has 0 unspecified atom stereocenters. The van der Waals surface area contributed by atoms with Crippen molar-refractivity contribution in [3.8, 4) is 0 Å². The summed E-state index contributed by atoms with van der Waals surface area (Å²) in [5, 5.41) is 2.92. The molecule has 64 valence electrons. The third-order valence-electron chi connectivity index (χ3n) is 1.71. The molecule has 0 saturated heterocycles. The van der Waals surface area contributed by atoms with Gasteiger partial charge in [0.1, 0.15) is 5.69 Å². The van der Waals surface area contributed by atoms with Crippen LogP contribution in [0.1, 0.15) is 26.3 Å². The molecule has 0 aliphatic carbocycles. The standard InChI is InChI=1S/C9H12N2O/c1-9(2,3)7-4-5-10-6-8(7)11-12/h4-6H,1-3H3. The zero-order chi connectivity index (χ0) is 9.19. The van der Waals surface area contributed by atoms with E-state index in [2.05, 4.69) is 10.2 Å². The van der Waals surface area contributed by atoms with E-state index in [9.17, 15) is 4.91 Å². The quantitative estimate of drug-likeness (QED) is 0.599. The van der Waals surface area contributed by atoms with Gasteiger partial charge in [0.05, 0.1) is 6.20 Å². The topological polar surface area (TPSA) is 42.3 Å². The van der Waals surface area contributed by atoms with E-state index < -0.39 is 0 Å². The lowest BCUT2D eigenvalue weighted by Crippen LogP contribution is -2.11. The summed E-state index contributed by atoms with van der Waals surface area (Å²) in [6, 6.07) is 1.83. The van der Waals surface area contributed by atoms with Gasteiger partial charge in [0, 0.05) is 6.20 Å². The average Bonchev–Trinajstić information content (AvgIpc) is 2.03. The summed E-state index contributed by atoms with van der Waals surface area (Å²) < 4.78 is 0. The molecular weight excluding hydrogens is 152 g/mol. The Kier molecular flexibility index (Phi) is 2.22. The lowest BCUT2D eigenvalue weighted by Gasteiger charge is -2.19. The van der Waals surface area contributed by atoms with Crippen molar-refractivity contribution >= 4 is 5.69 Å². The number of pyridine rings is 1. The van der Waals surface area contributed by atoms with Crippen molar-refractivity contribution in [3.63, 3.8) is 0 Å². The molecule has 1 rings (SSSR count). The number of nitroso groups, excluding NO2 is 1. The van der Waals surface area contributed by atoms with Crippen molar-refractivity contribution in [3.05, 3.63) is 28.9 Å². The minimum Gasteiger partial charge on any atom is -0.262 e. The fourth-order valence-corrected chi connectivity index (χ4v) is 1.09. The van der Waals surface area contributed by atoms with Crippen LogP contribution in [0.5, 0.6) is 0 Å². The van der Waals surface area contributed by atoms with E-state index in [1.807, 2.05) is 26.8 Å². The minimum atomic E-state index is -0.0494. The van der Waals surface area contributed by atoms with Crippen molar-refractivity contribution < 1.29 is 0 Å². The Hall–Kier alpha value is -1.25. The van der Waals surface area contributed by atoms with Crippen LogP contribution in [-0.4, -0.2) is 4.98 Å². The van der Waals surface area contributed by atoms with Crippen LogP contribution in [0.25, 0.3) is 0 Å². The third kappa shape index (κ3) is 1.67. The molecule has 0 saturated carbocycles. The smallest absolute Gasteiger partial charge is 0.129 e. The molecule has 1 heterocycles. The largest absolute Gasteiger partial charge is 0.262 e. The molecular formula is C9H12N2O. The van der Waals surface area contributed by atoms with E-state index in [-0.39, 0.29) is 5.41 Å². The van der Waals surface area contributed by atoms with Gasteiger partial charge in [0.2, 0.25) is 0 Å². The van der Waals surface area contributed by atoms with Gasteiger partial charge in [-0.05, 0) is 22.2 Å². The van der Waals surface area contributed by atoms with Crippen molar-refractivity contribution in [2.45, 2.75) is 26.2 Å². The highest BCUT2D eigenvalue weighted by atomic mass is 16.3. The van der Waals surface area contributed by atoms with Gasteiger partial charge in [-0.15, -0.1) is 4.91 Å². The molecule has 0 aliphatic heterocycles. The predicted molar refractivity (Wildman–Crippen MR) is 48.4 cm³/mol. The third-order valence-corrected chi connectivity index (χ3v) is 1.71. The SMILES string of the molecule is CC(C)(C)c1ccncc1N=O. The number of aromatic nitrogens is 1. The lowest BCUT2D eigenvalue weighted by atomic mass is 9.87. The molecule has 0 atom stereocenters. The number of hydrogen-bond acceptors (Lipinski definition) is 3. The zero-order valence-corrected chi connectivity index (χ0v) is 7.53. The average molecular weight is 164 g/mol. The zero-order valence-electron chi connectivity index (χ0n) is 7.53. The molecule has 0 aromatic carbocycles. The monoisotopic (exact) mass is 164 g/mol. The van der Waals surface area contributed by atoms with Gasteiger partial charge in [-0.25, -0.2) is 0 Å². The van der Waals surface area contributed by atoms with Gasteiger partial charge in [0.15, 0.2) is 0 Å². The first kappa shape index (κ1) is 8.84. The summed E-state index contributed by atoms with van der Waals surface area (Å²) in [7, 11) is 0. The molecule has 1 aromatic rings. The Morgan fingerprint density at radius 2 is 2.08 bits per heavy atom. The fourth-order valence-electron chi connectivity index (χ4n) is 1.09. The minimum absolute atomic E-state index is 0.0494. The normalized spacial score (nSPS) is 11.2. The first-order valence-corrected chi connectivity index (χ1v) is 3.83. The molecule has 3 nitrogen and oxygen atoms in total. The Labute approximate surface area is 71.8 Å². The van der Waals surface area contributed by atoms with Crippen LogP contribution in [-0.2, 0) is 5.41 Å². The van der Waals surface area contributed by atoms with Crippen LogP contribution in [0.15, 0.2) is 23.6 Å². The molecule has 3 heteroatoms. The summed E-state index contributed by atoms with van der Waals surface area (Å²) in [5.41, 5.74) is 1.32. The van der Waals surface area contributed by atoms with Crippen LogP contribution >= 0.6 is 0 Å². The molecule has 0 N–H and O–H groups in total. The van der Waals surface area contributed by atoms with Crippen LogP contribution in [0.3, 0.4) is 0 Å². The Morgan fingerprint density at radius 1 is 1.42 bits per heavy atom. The number of rotatable bonds is 1. The number of hydrogen-bond donors (Lipinski definition) is 0. The molecule has 0 amide bonds. The highest BCUT2D eigenvalue weighted by molar-refractivity contribution is 5.46. The van der Waals surface area contributed by atoms with Gasteiger partial charge in [-0.2, -0.15) is 0 Å². The van der Waals surface area contributed by atoms with Gasteiger partial charge in [-0.3, -0.25) is 4.98 Å². The molecule has 12 heavy (non-hydrogen) atoms. The van der Waals surface area contributed by atoms with Gasteiger partial charge in [0.25, 0.3) is 0 Å². The first-order valence-electron chi connectivity index (χ1n) is 3.83. The van der Waals surface area contributed by atoms with E-state index in [4.69, 9.17) is 0 Å². The maximum Gasteiger partial charge on any atom is 0.129 e. The highest BCUT2D eigenvalue weighted by Crippen LogP contribution is 2.29. The first-order chi connectivity index (χ1) is 5.55. The van der Waals surface area contributed by atoms with E-state index in [1.165, 1.54) is 6.20 Å². The van der Waals surface area contributed by atoms with Gasteiger partial charge < -0.3 is 0 Å². The molecule has 0 fully saturated rings. The van der Waals surface area contributed by atoms with E-state index in [0.717, 1.165) is 5.56 Å². The summed E-state index contributed by atoms with van der Waals surface area (Å²) in [6.07, 6.45) is 3.17. The van der Waals surface area contributed by atoms with Crippen LogP contribution < -0.4 is 0 Å². The van der Waals surface area contributed by atoms with Crippen LogP contribution in [0.2, 0.25) is 0 Å². The maximum atomic E-state index is 10.4. The predicted octanol–water partition coefficient (Wildman–Crippen LogP) is 2.78. The van der Waals surface area contributed by atoms with Crippen molar-refractivity contribution in [1.82, 2.24) is 4.98 Å². The van der Waals surface area contributed by atoms with Crippen LogP contribution in [0, 0.1) is 4.91 Å². The second-order valence-corrected chi connectivity index (χ2v) is 3.73. The maximum absolute atomic E-state index is 10.4. The Balaban J connectivity index is 3.23. The second-order valence-electron chi connectivity index (χ2n) is 3.73. The highest BCUT2D eigenvalue weighted by Gasteiger charge is 2.17. The fraction of sp³-hybridized carbons (Fsp3) is 0.444. The van der Waals surface area contributed by atoms with Crippen molar-refractivity contribution in [2.24, 2.45) is 5.18 Å². The Morgan fingerprint density at radius 3 is 2.50 bits per heavy atom.